The van der Waals surface area contributed by atoms with Crippen LogP contribution < -0.4 is 10.2 Å². The molecule has 1 heterocycles. The van der Waals surface area contributed by atoms with Gasteiger partial charge < -0.3 is 15.0 Å². The minimum absolute atomic E-state index is 0.483. The maximum absolute atomic E-state index is 5.52. The van der Waals surface area contributed by atoms with Crippen LogP contribution in [-0.4, -0.2) is 32.8 Å². The van der Waals surface area contributed by atoms with Gasteiger partial charge in [0.1, 0.15) is 0 Å². The van der Waals surface area contributed by atoms with E-state index >= 15 is 0 Å². The molecule has 1 aromatic carbocycles. The molecule has 1 aliphatic heterocycles. The minimum atomic E-state index is 0.483. The lowest BCUT2D eigenvalue weighted by Crippen LogP contribution is -2.26. The normalized spacial score (nSPS) is 17.8. The molecule has 0 radical (unpaired) electrons. The fourth-order valence-corrected chi connectivity index (χ4v) is 2.74. The van der Waals surface area contributed by atoms with Crippen molar-refractivity contribution in [3.63, 3.8) is 0 Å². The SMILES string of the molecule is CCCNC(CC)c1ccc(N2CCCOCC2)cc1. The lowest BCUT2D eigenvalue weighted by Gasteiger charge is -2.23. The molecule has 3 heteroatoms. The van der Waals surface area contributed by atoms with Crippen molar-refractivity contribution in [3.8, 4) is 0 Å². The summed E-state index contributed by atoms with van der Waals surface area (Å²) in [5.74, 6) is 0. The van der Waals surface area contributed by atoms with Gasteiger partial charge in [0, 0.05) is 31.4 Å². The summed E-state index contributed by atoms with van der Waals surface area (Å²) in [5, 5.41) is 3.61. The lowest BCUT2D eigenvalue weighted by atomic mass is 10.0. The molecule has 2 rings (SSSR count). The van der Waals surface area contributed by atoms with Gasteiger partial charge in [-0.2, -0.15) is 0 Å². The Hall–Kier alpha value is -1.06. The van der Waals surface area contributed by atoms with Crippen LogP contribution in [-0.2, 0) is 4.74 Å². The maximum atomic E-state index is 5.52. The molecule has 1 fully saturated rings. The quantitative estimate of drug-likeness (QED) is 0.862. The smallest absolute Gasteiger partial charge is 0.0641 e. The fraction of sp³-hybridized carbons (Fsp3) is 0.647. The second kappa shape index (κ2) is 8.28. The van der Waals surface area contributed by atoms with E-state index in [0.717, 1.165) is 45.7 Å². The summed E-state index contributed by atoms with van der Waals surface area (Å²) in [7, 11) is 0. The number of benzene rings is 1. The zero-order valence-electron chi connectivity index (χ0n) is 12.9. The third kappa shape index (κ3) is 4.22. The lowest BCUT2D eigenvalue weighted by molar-refractivity contribution is 0.152. The van der Waals surface area contributed by atoms with E-state index in [1.165, 1.54) is 17.7 Å². The standard InChI is InChI=1S/C17H28N2O/c1-3-10-18-17(4-2)15-6-8-16(9-7-15)19-11-5-13-20-14-12-19/h6-9,17-18H,3-5,10-14H2,1-2H3. The van der Waals surface area contributed by atoms with Crippen molar-refractivity contribution in [3.05, 3.63) is 29.8 Å². The Morgan fingerprint density at radius 1 is 1.15 bits per heavy atom. The Morgan fingerprint density at radius 3 is 2.65 bits per heavy atom. The molecule has 1 aliphatic rings. The van der Waals surface area contributed by atoms with E-state index in [4.69, 9.17) is 4.74 Å². The first-order chi connectivity index (χ1) is 9.85. The third-order valence-corrected chi connectivity index (χ3v) is 3.93. The summed E-state index contributed by atoms with van der Waals surface area (Å²) in [6, 6.07) is 9.56. The highest BCUT2D eigenvalue weighted by Gasteiger charge is 2.12. The van der Waals surface area contributed by atoms with Crippen LogP contribution in [0, 0.1) is 0 Å². The summed E-state index contributed by atoms with van der Waals surface area (Å²) in [5.41, 5.74) is 2.72. The van der Waals surface area contributed by atoms with Crippen molar-refractivity contribution in [1.82, 2.24) is 5.32 Å². The summed E-state index contributed by atoms with van der Waals surface area (Å²) >= 11 is 0. The van der Waals surface area contributed by atoms with E-state index in [1.54, 1.807) is 0 Å². The van der Waals surface area contributed by atoms with E-state index in [0.29, 0.717) is 6.04 Å². The predicted octanol–water partition coefficient (Wildman–Crippen LogP) is 3.36. The van der Waals surface area contributed by atoms with Crippen LogP contribution in [0.3, 0.4) is 0 Å². The Bertz CT molecular complexity index is 369. The van der Waals surface area contributed by atoms with Crippen molar-refractivity contribution in [2.24, 2.45) is 0 Å². The number of nitrogens with one attached hydrogen (secondary N) is 1. The van der Waals surface area contributed by atoms with Crippen LogP contribution in [0.5, 0.6) is 0 Å². The van der Waals surface area contributed by atoms with Crippen LogP contribution in [0.25, 0.3) is 0 Å². The van der Waals surface area contributed by atoms with E-state index < -0.39 is 0 Å². The summed E-state index contributed by atoms with van der Waals surface area (Å²) in [4.78, 5) is 2.43. The average molecular weight is 276 g/mol. The Labute approximate surface area is 123 Å². The molecule has 3 nitrogen and oxygen atoms in total. The fourth-order valence-electron chi connectivity index (χ4n) is 2.74. The summed E-state index contributed by atoms with van der Waals surface area (Å²) in [6.45, 7) is 9.39. The molecule has 0 spiro atoms. The molecule has 0 bridgehead atoms. The number of nitrogens with zero attached hydrogens (tertiary/aromatic N) is 1. The highest BCUT2D eigenvalue weighted by molar-refractivity contribution is 5.48. The van der Waals surface area contributed by atoms with Gasteiger partial charge in [0.15, 0.2) is 0 Å². The number of hydrogen-bond acceptors (Lipinski definition) is 3. The average Bonchev–Trinajstić information content (AvgIpc) is 2.78. The topological polar surface area (TPSA) is 24.5 Å². The van der Waals surface area contributed by atoms with Crippen LogP contribution in [0.15, 0.2) is 24.3 Å². The second-order valence-electron chi connectivity index (χ2n) is 5.46. The molecule has 1 aromatic rings. The van der Waals surface area contributed by atoms with Crippen LogP contribution in [0.2, 0.25) is 0 Å². The van der Waals surface area contributed by atoms with Gasteiger partial charge in [-0.05, 0) is 43.5 Å². The molecule has 1 saturated heterocycles. The Morgan fingerprint density at radius 2 is 1.95 bits per heavy atom. The molecule has 0 aromatic heterocycles. The van der Waals surface area contributed by atoms with E-state index in [1.807, 2.05) is 0 Å². The molecule has 112 valence electrons. The molecular formula is C17H28N2O. The largest absolute Gasteiger partial charge is 0.380 e. The van der Waals surface area contributed by atoms with Crippen molar-refractivity contribution in [2.75, 3.05) is 37.7 Å². The first-order valence-electron chi connectivity index (χ1n) is 8.01. The molecule has 0 saturated carbocycles. The van der Waals surface area contributed by atoms with Gasteiger partial charge in [-0.3, -0.25) is 0 Å². The van der Waals surface area contributed by atoms with Crippen LogP contribution in [0.4, 0.5) is 5.69 Å². The summed E-state index contributed by atoms with van der Waals surface area (Å²) in [6.07, 6.45) is 3.44. The monoisotopic (exact) mass is 276 g/mol. The van der Waals surface area contributed by atoms with Gasteiger partial charge in [-0.1, -0.05) is 26.0 Å². The van der Waals surface area contributed by atoms with Gasteiger partial charge in [0.2, 0.25) is 0 Å². The molecular weight excluding hydrogens is 248 g/mol. The van der Waals surface area contributed by atoms with Crippen molar-refractivity contribution >= 4 is 5.69 Å². The van der Waals surface area contributed by atoms with E-state index in [2.05, 4.69) is 48.3 Å². The molecule has 1 atom stereocenters. The number of rotatable bonds is 6. The first-order valence-corrected chi connectivity index (χ1v) is 8.01. The van der Waals surface area contributed by atoms with Crippen LogP contribution >= 0.6 is 0 Å². The minimum Gasteiger partial charge on any atom is -0.380 e. The zero-order chi connectivity index (χ0) is 14.2. The van der Waals surface area contributed by atoms with Crippen molar-refractivity contribution in [2.45, 2.75) is 39.2 Å². The number of anilines is 1. The van der Waals surface area contributed by atoms with Gasteiger partial charge in [-0.25, -0.2) is 0 Å². The van der Waals surface area contributed by atoms with Gasteiger partial charge in [-0.15, -0.1) is 0 Å². The van der Waals surface area contributed by atoms with E-state index in [-0.39, 0.29) is 0 Å². The van der Waals surface area contributed by atoms with Gasteiger partial charge in [0.25, 0.3) is 0 Å². The van der Waals surface area contributed by atoms with Crippen molar-refractivity contribution < 1.29 is 4.74 Å². The predicted molar refractivity (Wildman–Crippen MR) is 85.4 cm³/mol. The highest BCUT2D eigenvalue weighted by atomic mass is 16.5. The van der Waals surface area contributed by atoms with Crippen LogP contribution in [0.1, 0.15) is 44.7 Å². The third-order valence-electron chi connectivity index (χ3n) is 3.93. The Kier molecular flexibility index (Phi) is 6.34. The zero-order valence-corrected chi connectivity index (χ0v) is 12.9. The highest BCUT2D eigenvalue weighted by Crippen LogP contribution is 2.22. The second-order valence-corrected chi connectivity index (χ2v) is 5.46. The molecule has 0 amide bonds. The Balaban J connectivity index is 2.00. The molecule has 1 N–H and O–H groups in total. The number of hydrogen-bond donors (Lipinski definition) is 1. The van der Waals surface area contributed by atoms with E-state index in [9.17, 15) is 0 Å². The summed E-state index contributed by atoms with van der Waals surface area (Å²) < 4.78 is 5.52. The maximum Gasteiger partial charge on any atom is 0.0641 e. The molecule has 1 unspecified atom stereocenters. The molecule has 20 heavy (non-hydrogen) atoms. The van der Waals surface area contributed by atoms with Gasteiger partial charge >= 0.3 is 0 Å². The first kappa shape index (κ1) is 15.3. The number of ether oxygens (including phenoxy) is 1. The van der Waals surface area contributed by atoms with Gasteiger partial charge in [0.05, 0.1) is 6.61 Å². The molecule has 0 aliphatic carbocycles. The van der Waals surface area contributed by atoms with Crippen molar-refractivity contribution in [1.29, 1.82) is 0 Å².